The van der Waals surface area contributed by atoms with Crippen LogP contribution >= 0.6 is 11.8 Å². The molecule has 3 amide bonds. The van der Waals surface area contributed by atoms with Crippen LogP contribution in [0.15, 0.2) is 30.3 Å². The van der Waals surface area contributed by atoms with E-state index in [0.29, 0.717) is 38.0 Å². The predicted octanol–water partition coefficient (Wildman–Crippen LogP) is -1.03. The monoisotopic (exact) mass is 511 g/mol. The van der Waals surface area contributed by atoms with Crippen molar-refractivity contribution in [3.05, 3.63) is 35.9 Å². The molecule has 11 nitrogen and oxygen atoms in total. The van der Waals surface area contributed by atoms with Gasteiger partial charge in [-0.2, -0.15) is 11.8 Å². The topological polar surface area (TPSA) is 197 Å². The Morgan fingerprint density at radius 1 is 0.914 bits per heavy atom. The highest BCUT2D eigenvalue weighted by atomic mass is 32.2. The Labute approximate surface area is 209 Å². The standard InChI is InChI=1S/C23H37N5O6S/c1-35-12-10-18(26-20(30)16(25)13-15-7-3-2-4-8-15)22(32)27-17(9-5-6-11-24)21(31)28-19(14-29)23(33)34/h2-4,7-8,16-19,29H,5-6,9-14,24-25H2,1H3,(H,26,30)(H,27,32)(H,28,31)(H,33,34). The van der Waals surface area contributed by atoms with E-state index in [2.05, 4.69) is 16.0 Å². The zero-order valence-electron chi connectivity index (χ0n) is 19.9. The van der Waals surface area contributed by atoms with Crippen molar-refractivity contribution in [1.29, 1.82) is 0 Å². The number of carbonyl (C=O) groups excluding carboxylic acids is 3. The average molecular weight is 512 g/mol. The molecule has 35 heavy (non-hydrogen) atoms. The van der Waals surface area contributed by atoms with Gasteiger partial charge in [-0.1, -0.05) is 30.3 Å². The van der Waals surface area contributed by atoms with Crippen LogP contribution in [0.4, 0.5) is 0 Å². The molecule has 0 bridgehead atoms. The number of benzene rings is 1. The number of thioether (sulfide) groups is 1. The number of carboxylic acid groups (broad SMARTS) is 1. The Morgan fingerprint density at radius 2 is 1.49 bits per heavy atom. The molecule has 0 saturated carbocycles. The highest BCUT2D eigenvalue weighted by Crippen LogP contribution is 2.07. The molecule has 9 N–H and O–H groups in total. The minimum Gasteiger partial charge on any atom is -0.480 e. The molecule has 0 fully saturated rings. The molecular weight excluding hydrogens is 474 g/mol. The van der Waals surface area contributed by atoms with Crippen LogP contribution in [0.2, 0.25) is 0 Å². The van der Waals surface area contributed by atoms with Gasteiger partial charge in [-0.15, -0.1) is 0 Å². The van der Waals surface area contributed by atoms with E-state index in [1.165, 1.54) is 11.8 Å². The minimum atomic E-state index is -1.50. The molecule has 0 aliphatic heterocycles. The summed E-state index contributed by atoms with van der Waals surface area (Å²) in [6.07, 6.45) is 3.79. The molecule has 4 unspecified atom stereocenters. The fourth-order valence-electron chi connectivity index (χ4n) is 3.24. The number of carboxylic acids is 1. The lowest BCUT2D eigenvalue weighted by molar-refractivity contribution is -0.143. The van der Waals surface area contributed by atoms with Gasteiger partial charge >= 0.3 is 5.97 Å². The van der Waals surface area contributed by atoms with Crippen LogP contribution in [0, 0.1) is 0 Å². The van der Waals surface area contributed by atoms with E-state index in [0.717, 1.165) is 5.56 Å². The summed E-state index contributed by atoms with van der Waals surface area (Å²) in [5.41, 5.74) is 12.4. The third-order valence-electron chi connectivity index (χ3n) is 5.26. The Balaban J connectivity index is 2.90. The van der Waals surface area contributed by atoms with E-state index in [1.54, 1.807) is 0 Å². The van der Waals surface area contributed by atoms with Crippen LogP contribution < -0.4 is 27.4 Å². The van der Waals surface area contributed by atoms with Gasteiger partial charge in [0.15, 0.2) is 0 Å². The summed E-state index contributed by atoms with van der Waals surface area (Å²) in [7, 11) is 0. The highest BCUT2D eigenvalue weighted by molar-refractivity contribution is 7.98. The van der Waals surface area contributed by atoms with Gasteiger partial charge < -0.3 is 37.6 Å². The molecule has 0 heterocycles. The lowest BCUT2D eigenvalue weighted by atomic mass is 10.0. The van der Waals surface area contributed by atoms with Crippen molar-refractivity contribution in [2.75, 3.05) is 25.2 Å². The van der Waals surface area contributed by atoms with E-state index >= 15 is 0 Å². The number of hydrogen-bond acceptors (Lipinski definition) is 8. The average Bonchev–Trinajstić information content (AvgIpc) is 2.84. The molecule has 12 heteroatoms. The molecule has 0 saturated heterocycles. The van der Waals surface area contributed by atoms with Crippen LogP contribution in [0.5, 0.6) is 0 Å². The fourth-order valence-corrected chi connectivity index (χ4v) is 3.71. The van der Waals surface area contributed by atoms with E-state index in [9.17, 15) is 24.3 Å². The first-order valence-electron chi connectivity index (χ1n) is 11.5. The maximum absolute atomic E-state index is 13.1. The van der Waals surface area contributed by atoms with Gasteiger partial charge in [0.2, 0.25) is 17.7 Å². The van der Waals surface area contributed by atoms with Gasteiger partial charge in [-0.3, -0.25) is 14.4 Å². The number of amides is 3. The number of aliphatic hydroxyl groups excluding tert-OH is 1. The molecule has 0 radical (unpaired) electrons. The lowest BCUT2D eigenvalue weighted by Crippen LogP contribution is -2.57. The van der Waals surface area contributed by atoms with Gasteiger partial charge in [-0.05, 0) is 56.2 Å². The minimum absolute atomic E-state index is 0.212. The lowest BCUT2D eigenvalue weighted by Gasteiger charge is -2.25. The Bertz CT molecular complexity index is 813. The Kier molecular flexibility index (Phi) is 14.6. The number of aliphatic carboxylic acids is 1. The van der Waals surface area contributed by atoms with E-state index < -0.39 is 54.5 Å². The van der Waals surface area contributed by atoms with Gasteiger partial charge in [-0.25, -0.2) is 4.79 Å². The SMILES string of the molecule is CSCCC(NC(=O)C(N)Cc1ccccc1)C(=O)NC(CCCCN)C(=O)NC(CO)C(=O)O. The zero-order chi connectivity index (χ0) is 26.2. The summed E-state index contributed by atoms with van der Waals surface area (Å²) in [6.45, 7) is -0.404. The number of aliphatic hydroxyl groups is 1. The number of nitrogens with one attached hydrogen (secondary N) is 3. The first-order chi connectivity index (χ1) is 16.7. The van der Waals surface area contributed by atoms with Gasteiger partial charge in [0, 0.05) is 0 Å². The maximum Gasteiger partial charge on any atom is 0.328 e. The molecule has 0 aliphatic carbocycles. The number of nitrogens with two attached hydrogens (primary N) is 2. The van der Waals surface area contributed by atoms with Crippen molar-refractivity contribution in [2.24, 2.45) is 11.5 Å². The molecule has 4 atom stereocenters. The van der Waals surface area contributed by atoms with E-state index in [4.69, 9.17) is 16.6 Å². The third kappa shape index (κ3) is 11.5. The highest BCUT2D eigenvalue weighted by Gasteiger charge is 2.29. The first kappa shape index (κ1) is 30.4. The molecule has 1 aromatic rings. The van der Waals surface area contributed by atoms with Crippen LogP contribution in [0.25, 0.3) is 0 Å². The van der Waals surface area contributed by atoms with Gasteiger partial charge in [0.05, 0.1) is 12.6 Å². The van der Waals surface area contributed by atoms with Gasteiger partial charge in [0.25, 0.3) is 0 Å². The van der Waals surface area contributed by atoms with Crippen molar-refractivity contribution < 1.29 is 29.4 Å². The van der Waals surface area contributed by atoms with E-state index in [1.807, 2.05) is 36.6 Å². The largest absolute Gasteiger partial charge is 0.480 e. The smallest absolute Gasteiger partial charge is 0.328 e. The third-order valence-corrected chi connectivity index (χ3v) is 5.90. The molecule has 196 valence electrons. The molecule has 0 aliphatic rings. The van der Waals surface area contributed by atoms with Crippen LogP contribution in [0.3, 0.4) is 0 Å². The van der Waals surface area contributed by atoms with Crippen LogP contribution in [-0.2, 0) is 25.6 Å². The number of unbranched alkanes of at least 4 members (excludes halogenated alkanes) is 1. The molecular formula is C23H37N5O6S. The predicted molar refractivity (Wildman–Crippen MR) is 135 cm³/mol. The van der Waals surface area contributed by atoms with Crippen molar-refractivity contribution in [3.8, 4) is 0 Å². The van der Waals surface area contributed by atoms with Crippen molar-refractivity contribution in [2.45, 2.75) is 56.3 Å². The fraction of sp³-hybridized carbons (Fsp3) is 0.565. The summed E-state index contributed by atoms with van der Waals surface area (Å²) in [5.74, 6) is -2.64. The summed E-state index contributed by atoms with van der Waals surface area (Å²) in [5, 5.41) is 25.8. The first-order valence-corrected chi connectivity index (χ1v) is 12.9. The summed E-state index contributed by atoms with van der Waals surface area (Å²) in [6, 6.07) is 4.89. The molecule has 1 aromatic carbocycles. The Morgan fingerprint density at radius 3 is 2.03 bits per heavy atom. The summed E-state index contributed by atoms with van der Waals surface area (Å²) >= 11 is 1.49. The normalized spacial score (nSPS) is 14.3. The second-order valence-corrected chi connectivity index (χ2v) is 9.05. The van der Waals surface area contributed by atoms with Crippen LogP contribution in [0.1, 0.15) is 31.2 Å². The van der Waals surface area contributed by atoms with Crippen molar-refractivity contribution >= 4 is 35.5 Å². The Hall–Kier alpha value is -2.67. The number of hydrogen-bond donors (Lipinski definition) is 7. The van der Waals surface area contributed by atoms with E-state index in [-0.39, 0.29) is 6.42 Å². The second-order valence-electron chi connectivity index (χ2n) is 8.07. The molecule has 0 aromatic heterocycles. The summed E-state index contributed by atoms with van der Waals surface area (Å²) in [4.78, 5) is 49.6. The van der Waals surface area contributed by atoms with Gasteiger partial charge in [0.1, 0.15) is 18.1 Å². The summed E-state index contributed by atoms with van der Waals surface area (Å²) < 4.78 is 0. The number of rotatable bonds is 17. The van der Waals surface area contributed by atoms with Crippen molar-refractivity contribution in [3.63, 3.8) is 0 Å². The molecule has 0 spiro atoms. The quantitative estimate of drug-likeness (QED) is 0.128. The number of carbonyl (C=O) groups is 4. The van der Waals surface area contributed by atoms with Crippen molar-refractivity contribution in [1.82, 2.24) is 16.0 Å². The van der Waals surface area contributed by atoms with Crippen LogP contribution in [-0.4, -0.2) is 83.2 Å². The molecule has 1 rings (SSSR count). The second kappa shape index (κ2) is 16.9. The maximum atomic E-state index is 13.1. The zero-order valence-corrected chi connectivity index (χ0v) is 20.8.